The molecule has 0 amide bonds. The monoisotopic (exact) mass is 265 g/mol. The Bertz CT molecular complexity index is 446. The van der Waals surface area contributed by atoms with Gasteiger partial charge in [-0.15, -0.1) is 0 Å². The van der Waals surface area contributed by atoms with E-state index in [0.717, 1.165) is 29.7 Å². The van der Waals surface area contributed by atoms with Crippen LogP contribution in [0.25, 0.3) is 0 Å². The summed E-state index contributed by atoms with van der Waals surface area (Å²) >= 11 is 6.46. The number of rotatable bonds is 5. The topological polar surface area (TPSA) is 35.2 Å². The predicted molar refractivity (Wildman–Crippen MR) is 76.3 cm³/mol. The lowest BCUT2D eigenvalue weighted by molar-refractivity contribution is 0.251. The average Bonchev–Trinajstić information content (AvgIpc) is 2.29. The van der Waals surface area contributed by atoms with Gasteiger partial charge in [-0.1, -0.05) is 36.7 Å². The third-order valence-electron chi connectivity index (χ3n) is 3.71. The van der Waals surface area contributed by atoms with E-state index >= 15 is 0 Å². The molecule has 0 bridgehead atoms. The van der Waals surface area contributed by atoms with Crippen molar-refractivity contribution in [3.05, 3.63) is 40.9 Å². The maximum absolute atomic E-state index is 6.46. The second-order valence-electron chi connectivity index (χ2n) is 5.20. The van der Waals surface area contributed by atoms with Gasteiger partial charge in [-0.3, -0.25) is 0 Å². The molecule has 1 saturated carbocycles. The molecule has 1 fully saturated rings. The Balaban J connectivity index is 2.27. The van der Waals surface area contributed by atoms with Crippen LogP contribution < -0.4 is 10.5 Å². The smallest absolute Gasteiger partial charge is 0.138 e. The molecule has 0 saturated heterocycles. The Kier molecular flexibility index (Phi) is 3.98. The molecule has 2 N–H and O–H groups in total. The van der Waals surface area contributed by atoms with Crippen LogP contribution in [0.1, 0.15) is 31.7 Å². The molecule has 1 aromatic rings. The highest BCUT2D eigenvalue weighted by atomic mass is 35.5. The van der Waals surface area contributed by atoms with Crippen molar-refractivity contribution in [2.75, 3.05) is 13.2 Å². The van der Waals surface area contributed by atoms with Crippen LogP contribution in [0.5, 0.6) is 5.75 Å². The lowest BCUT2D eigenvalue weighted by atomic mass is 9.64. The molecule has 1 aromatic carbocycles. The van der Waals surface area contributed by atoms with E-state index in [1.807, 2.05) is 19.1 Å². The molecule has 1 aliphatic carbocycles. The van der Waals surface area contributed by atoms with Crippen molar-refractivity contribution in [3.63, 3.8) is 0 Å². The molecule has 0 unspecified atom stereocenters. The Morgan fingerprint density at radius 3 is 2.72 bits per heavy atom. The minimum atomic E-state index is 0.0691. The van der Waals surface area contributed by atoms with Crippen LogP contribution in [0.3, 0.4) is 0 Å². The Morgan fingerprint density at radius 1 is 1.50 bits per heavy atom. The van der Waals surface area contributed by atoms with E-state index < -0.39 is 0 Å². The van der Waals surface area contributed by atoms with Crippen molar-refractivity contribution in [3.8, 4) is 5.75 Å². The van der Waals surface area contributed by atoms with Gasteiger partial charge in [0.05, 0.1) is 5.02 Å². The molecule has 98 valence electrons. The standard InChI is InChI=1S/C15H20ClNO/c1-11(2)9-18-13-6-3-5-12(14(13)16)15(10-17)7-4-8-15/h3,5-6H,1,4,7-10,17H2,2H3. The van der Waals surface area contributed by atoms with Crippen LogP contribution in [0, 0.1) is 0 Å². The highest BCUT2D eigenvalue weighted by Gasteiger charge is 2.39. The summed E-state index contributed by atoms with van der Waals surface area (Å²) in [6.45, 7) is 6.91. The normalized spacial score (nSPS) is 17.1. The molecule has 2 rings (SSSR count). The SMILES string of the molecule is C=C(C)COc1cccc(C2(CN)CCC2)c1Cl. The van der Waals surface area contributed by atoms with Crippen LogP contribution in [-0.2, 0) is 5.41 Å². The molecule has 0 aliphatic heterocycles. The molecular weight excluding hydrogens is 246 g/mol. The molecule has 3 heteroatoms. The number of hydrogen-bond donors (Lipinski definition) is 1. The number of halogens is 1. The summed E-state index contributed by atoms with van der Waals surface area (Å²) in [6, 6.07) is 5.96. The van der Waals surface area contributed by atoms with Gasteiger partial charge in [0.2, 0.25) is 0 Å². The van der Waals surface area contributed by atoms with Gasteiger partial charge in [0.1, 0.15) is 12.4 Å². The van der Waals surface area contributed by atoms with E-state index in [2.05, 4.69) is 12.6 Å². The fraction of sp³-hybridized carbons (Fsp3) is 0.467. The van der Waals surface area contributed by atoms with Gasteiger partial charge in [0, 0.05) is 12.0 Å². The summed E-state index contributed by atoms with van der Waals surface area (Å²) in [6.07, 6.45) is 3.46. The molecule has 1 aliphatic rings. The number of nitrogens with two attached hydrogens (primary N) is 1. The van der Waals surface area contributed by atoms with E-state index in [1.165, 1.54) is 6.42 Å². The van der Waals surface area contributed by atoms with Crippen molar-refractivity contribution < 1.29 is 4.74 Å². The molecular formula is C15H20ClNO. The van der Waals surface area contributed by atoms with Crippen LogP contribution in [0.4, 0.5) is 0 Å². The lowest BCUT2D eigenvalue weighted by Gasteiger charge is -2.42. The zero-order valence-electron chi connectivity index (χ0n) is 10.8. The summed E-state index contributed by atoms with van der Waals surface area (Å²) in [5, 5.41) is 0.712. The molecule has 0 radical (unpaired) electrons. The summed E-state index contributed by atoms with van der Waals surface area (Å²) in [5.74, 6) is 0.733. The zero-order chi connectivity index (χ0) is 13.2. The number of hydrogen-bond acceptors (Lipinski definition) is 2. The molecule has 18 heavy (non-hydrogen) atoms. The maximum Gasteiger partial charge on any atom is 0.138 e. The second kappa shape index (κ2) is 5.33. The van der Waals surface area contributed by atoms with Gasteiger partial charge in [0.25, 0.3) is 0 Å². The van der Waals surface area contributed by atoms with E-state index in [-0.39, 0.29) is 5.41 Å². The Hall–Kier alpha value is -0.990. The Morgan fingerprint density at radius 2 is 2.22 bits per heavy atom. The van der Waals surface area contributed by atoms with Crippen LogP contribution in [0.2, 0.25) is 5.02 Å². The number of ether oxygens (including phenoxy) is 1. The van der Waals surface area contributed by atoms with Gasteiger partial charge in [-0.05, 0) is 37.0 Å². The van der Waals surface area contributed by atoms with Crippen molar-refractivity contribution in [2.45, 2.75) is 31.6 Å². The zero-order valence-corrected chi connectivity index (χ0v) is 11.6. The van der Waals surface area contributed by atoms with Crippen molar-refractivity contribution in [2.24, 2.45) is 5.73 Å². The predicted octanol–water partition coefficient (Wildman–Crippen LogP) is 3.68. The third-order valence-corrected chi connectivity index (χ3v) is 4.10. The first kappa shape index (κ1) is 13.4. The number of benzene rings is 1. The summed E-state index contributed by atoms with van der Waals surface area (Å²) in [4.78, 5) is 0. The van der Waals surface area contributed by atoms with Crippen LogP contribution in [-0.4, -0.2) is 13.2 Å². The first-order valence-corrected chi connectivity index (χ1v) is 6.73. The molecule has 0 spiro atoms. The highest BCUT2D eigenvalue weighted by molar-refractivity contribution is 6.33. The van der Waals surface area contributed by atoms with Crippen molar-refractivity contribution in [1.82, 2.24) is 0 Å². The largest absolute Gasteiger partial charge is 0.488 e. The first-order chi connectivity index (χ1) is 8.59. The third kappa shape index (κ3) is 2.40. The van der Waals surface area contributed by atoms with Crippen molar-refractivity contribution >= 4 is 11.6 Å². The van der Waals surface area contributed by atoms with Crippen LogP contribution >= 0.6 is 11.6 Å². The van der Waals surface area contributed by atoms with Crippen molar-refractivity contribution in [1.29, 1.82) is 0 Å². The van der Waals surface area contributed by atoms with Crippen LogP contribution in [0.15, 0.2) is 30.4 Å². The molecule has 2 nitrogen and oxygen atoms in total. The maximum atomic E-state index is 6.46. The first-order valence-electron chi connectivity index (χ1n) is 6.35. The van der Waals surface area contributed by atoms with E-state index in [0.29, 0.717) is 18.2 Å². The van der Waals surface area contributed by atoms with Gasteiger partial charge < -0.3 is 10.5 Å². The fourth-order valence-electron chi connectivity index (χ4n) is 2.42. The molecule has 0 heterocycles. The van der Waals surface area contributed by atoms with Gasteiger partial charge in [-0.25, -0.2) is 0 Å². The van der Waals surface area contributed by atoms with Gasteiger partial charge in [-0.2, -0.15) is 0 Å². The summed E-state index contributed by atoms with van der Waals surface area (Å²) in [5.41, 5.74) is 8.11. The Labute approximate surface area is 114 Å². The quantitative estimate of drug-likeness (QED) is 0.825. The lowest BCUT2D eigenvalue weighted by Crippen LogP contribution is -2.41. The summed E-state index contributed by atoms with van der Waals surface area (Å²) < 4.78 is 5.67. The van der Waals surface area contributed by atoms with Gasteiger partial charge in [0.15, 0.2) is 0 Å². The van der Waals surface area contributed by atoms with Gasteiger partial charge >= 0.3 is 0 Å². The molecule has 0 atom stereocenters. The van der Waals surface area contributed by atoms with E-state index in [1.54, 1.807) is 0 Å². The molecule has 0 aromatic heterocycles. The highest BCUT2D eigenvalue weighted by Crippen LogP contribution is 2.47. The fourth-order valence-corrected chi connectivity index (χ4v) is 2.80. The average molecular weight is 266 g/mol. The summed E-state index contributed by atoms with van der Waals surface area (Å²) in [7, 11) is 0. The van der Waals surface area contributed by atoms with E-state index in [4.69, 9.17) is 22.1 Å². The van der Waals surface area contributed by atoms with E-state index in [9.17, 15) is 0 Å². The minimum absolute atomic E-state index is 0.0691. The minimum Gasteiger partial charge on any atom is -0.488 e. The second-order valence-corrected chi connectivity index (χ2v) is 5.58.